The topological polar surface area (TPSA) is 79.8 Å². The average Bonchev–Trinajstić information content (AvgIpc) is 2.55. The number of halogens is 1. The lowest BCUT2D eigenvalue weighted by atomic mass is 10.1. The molecule has 6 nitrogen and oxygen atoms in total. The fourth-order valence-corrected chi connectivity index (χ4v) is 2.39. The minimum atomic E-state index is -0.225. The van der Waals surface area contributed by atoms with Crippen LogP contribution in [0.2, 0.25) is 5.02 Å². The van der Waals surface area contributed by atoms with E-state index in [1.54, 1.807) is 43.5 Å². The maximum absolute atomic E-state index is 11.9. The Labute approximate surface area is 145 Å². The zero-order valence-electron chi connectivity index (χ0n) is 13.4. The molecule has 0 saturated heterocycles. The molecule has 3 N–H and O–H groups in total. The van der Waals surface area contributed by atoms with Gasteiger partial charge in [0.25, 0.3) is 0 Å². The lowest BCUT2D eigenvalue weighted by Crippen LogP contribution is -2.37. The number of hydrogen-bond acceptors (Lipinski definition) is 5. The van der Waals surface area contributed by atoms with Gasteiger partial charge in [-0.25, -0.2) is 5.43 Å². The summed E-state index contributed by atoms with van der Waals surface area (Å²) in [6.45, 7) is 0.324. The van der Waals surface area contributed by atoms with Gasteiger partial charge in [-0.3, -0.25) is 10.2 Å². The third kappa shape index (κ3) is 4.78. The highest BCUT2D eigenvalue weighted by Gasteiger charge is 2.10. The normalized spacial score (nSPS) is 10.3. The van der Waals surface area contributed by atoms with E-state index in [4.69, 9.17) is 21.1 Å². The first-order chi connectivity index (χ1) is 11.5. The van der Waals surface area contributed by atoms with E-state index in [0.29, 0.717) is 23.1 Å². The smallest absolute Gasteiger partial charge is 0.238 e. The molecule has 24 heavy (non-hydrogen) atoms. The van der Waals surface area contributed by atoms with Crippen LogP contribution in [0.4, 0.5) is 0 Å². The van der Waals surface area contributed by atoms with E-state index in [1.807, 2.05) is 0 Å². The molecule has 0 saturated carbocycles. The second-order valence-corrected chi connectivity index (χ2v) is 5.45. The minimum absolute atomic E-state index is 0.130. The highest BCUT2D eigenvalue weighted by molar-refractivity contribution is 6.31. The lowest BCUT2D eigenvalue weighted by molar-refractivity contribution is -0.121. The summed E-state index contributed by atoms with van der Waals surface area (Å²) in [5.74, 6) is 1.01. The molecule has 0 aliphatic carbocycles. The molecule has 0 radical (unpaired) electrons. The highest BCUT2D eigenvalue weighted by Crippen LogP contribution is 2.32. The van der Waals surface area contributed by atoms with E-state index in [-0.39, 0.29) is 18.1 Å². The Balaban J connectivity index is 1.90. The molecule has 1 amide bonds. The van der Waals surface area contributed by atoms with E-state index in [1.165, 1.54) is 7.11 Å². The van der Waals surface area contributed by atoms with Crippen molar-refractivity contribution in [2.45, 2.75) is 13.0 Å². The molecular weight excluding hydrogens is 332 g/mol. The zero-order chi connectivity index (χ0) is 17.5. The summed E-state index contributed by atoms with van der Waals surface area (Å²) in [7, 11) is 3.08. The van der Waals surface area contributed by atoms with Crippen molar-refractivity contribution in [1.82, 2.24) is 10.9 Å². The van der Waals surface area contributed by atoms with Crippen LogP contribution >= 0.6 is 11.6 Å². The van der Waals surface area contributed by atoms with Gasteiger partial charge >= 0.3 is 0 Å². The Bertz CT molecular complexity index is 722. The van der Waals surface area contributed by atoms with E-state index in [0.717, 1.165) is 11.1 Å². The maximum atomic E-state index is 11.9. The molecule has 0 aromatic heterocycles. The number of nitrogens with one attached hydrogen (secondary N) is 2. The number of carbonyl (C=O) groups excluding carboxylic acids is 1. The molecule has 0 atom stereocenters. The number of rotatable bonds is 7. The summed E-state index contributed by atoms with van der Waals surface area (Å²) >= 11 is 6.18. The number of ether oxygens (including phenoxy) is 2. The van der Waals surface area contributed by atoms with Crippen LogP contribution in [0.5, 0.6) is 17.2 Å². The third-order valence-corrected chi connectivity index (χ3v) is 3.69. The van der Waals surface area contributed by atoms with Gasteiger partial charge in [0.05, 0.1) is 20.6 Å². The van der Waals surface area contributed by atoms with E-state index in [9.17, 15) is 9.90 Å². The molecule has 0 bridgehead atoms. The minimum Gasteiger partial charge on any atom is -0.508 e. The first-order valence-corrected chi connectivity index (χ1v) is 7.61. The number of phenols is 1. The number of benzene rings is 2. The number of hydrazine groups is 1. The van der Waals surface area contributed by atoms with Gasteiger partial charge in [-0.1, -0.05) is 23.7 Å². The van der Waals surface area contributed by atoms with Crippen molar-refractivity contribution >= 4 is 17.5 Å². The van der Waals surface area contributed by atoms with Gasteiger partial charge in [-0.2, -0.15) is 0 Å². The van der Waals surface area contributed by atoms with Crippen molar-refractivity contribution in [3.8, 4) is 17.2 Å². The summed E-state index contributed by atoms with van der Waals surface area (Å²) in [6.07, 6.45) is 0.154. The molecule has 0 aliphatic rings. The molecule has 2 aromatic rings. The molecular formula is C17H19ClN2O4. The molecule has 2 aromatic carbocycles. The van der Waals surface area contributed by atoms with Gasteiger partial charge < -0.3 is 14.6 Å². The lowest BCUT2D eigenvalue weighted by Gasteiger charge is -2.13. The van der Waals surface area contributed by atoms with Crippen molar-refractivity contribution in [3.05, 3.63) is 52.5 Å². The Morgan fingerprint density at radius 2 is 1.88 bits per heavy atom. The van der Waals surface area contributed by atoms with Gasteiger partial charge in [0, 0.05) is 17.6 Å². The van der Waals surface area contributed by atoms with Crippen LogP contribution in [-0.2, 0) is 17.8 Å². The SMILES string of the molecule is COc1cc(Cl)c(CNNC(=O)Cc2cccc(O)c2)cc1OC. The number of hydrogen-bond donors (Lipinski definition) is 3. The van der Waals surface area contributed by atoms with Crippen LogP contribution in [0.3, 0.4) is 0 Å². The summed E-state index contributed by atoms with van der Waals surface area (Å²) in [4.78, 5) is 11.9. The van der Waals surface area contributed by atoms with Crippen LogP contribution in [0.25, 0.3) is 0 Å². The van der Waals surface area contributed by atoms with Gasteiger partial charge in [-0.15, -0.1) is 0 Å². The molecule has 0 fully saturated rings. The van der Waals surface area contributed by atoms with Crippen LogP contribution in [0.1, 0.15) is 11.1 Å². The Morgan fingerprint density at radius 3 is 2.54 bits per heavy atom. The maximum Gasteiger partial charge on any atom is 0.238 e. The predicted molar refractivity (Wildman–Crippen MR) is 91.3 cm³/mol. The zero-order valence-corrected chi connectivity index (χ0v) is 14.2. The largest absolute Gasteiger partial charge is 0.508 e. The molecule has 2 rings (SSSR count). The average molecular weight is 351 g/mol. The molecule has 7 heteroatoms. The fourth-order valence-electron chi connectivity index (χ4n) is 2.17. The number of aromatic hydroxyl groups is 1. The first kappa shape index (κ1) is 17.9. The Hall–Kier alpha value is -2.44. The highest BCUT2D eigenvalue weighted by atomic mass is 35.5. The van der Waals surface area contributed by atoms with Crippen LogP contribution in [-0.4, -0.2) is 25.2 Å². The third-order valence-electron chi connectivity index (χ3n) is 3.33. The molecule has 0 heterocycles. The van der Waals surface area contributed by atoms with Crippen LogP contribution in [0, 0.1) is 0 Å². The predicted octanol–water partition coefficient (Wildman–Crippen LogP) is 2.43. The van der Waals surface area contributed by atoms with Crippen molar-refractivity contribution in [2.24, 2.45) is 0 Å². The fraction of sp³-hybridized carbons (Fsp3) is 0.235. The van der Waals surface area contributed by atoms with Gasteiger partial charge in [0.1, 0.15) is 5.75 Å². The quantitative estimate of drug-likeness (QED) is 0.668. The van der Waals surface area contributed by atoms with Gasteiger partial charge in [0.2, 0.25) is 5.91 Å². The standard InChI is InChI=1S/C17H19ClN2O4/c1-23-15-8-12(14(18)9-16(15)24-2)10-19-20-17(22)7-11-4-3-5-13(21)6-11/h3-6,8-9,19,21H,7,10H2,1-2H3,(H,20,22). The first-order valence-electron chi connectivity index (χ1n) is 7.23. The number of methoxy groups -OCH3 is 2. The summed E-state index contributed by atoms with van der Waals surface area (Å²) in [6, 6.07) is 9.96. The van der Waals surface area contributed by atoms with E-state index in [2.05, 4.69) is 10.9 Å². The van der Waals surface area contributed by atoms with Crippen molar-refractivity contribution in [1.29, 1.82) is 0 Å². The summed E-state index contributed by atoms with van der Waals surface area (Å²) in [5, 5.41) is 9.89. The monoisotopic (exact) mass is 350 g/mol. The van der Waals surface area contributed by atoms with Crippen LogP contribution < -0.4 is 20.3 Å². The molecule has 128 valence electrons. The number of carbonyl (C=O) groups is 1. The second kappa shape index (κ2) is 8.42. The summed E-state index contributed by atoms with van der Waals surface area (Å²) < 4.78 is 10.4. The van der Waals surface area contributed by atoms with Gasteiger partial charge in [-0.05, 0) is 29.3 Å². The molecule has 0 spiro atoms. The Morgan fingerprint density at radius 1 is 1.17 bits per heavy atom. The number of amides is 1. The van der Waals surface area contributed by atoms with E-state index < -0.39 is 0 Å². The van der Waals surface area contributed by atoms with Gasteiger partial charge in [0.15, 0.2) is 11.5 Å². The van der Waals surface area contributed by atoms with E-state index >= 15 is 0 Å². The van der Waals surface area contributed by atoms with Crippen LogP contribution in [0.15, 0.2) is 36.4 Å². The van der Waals surface area contributed by atoms with Crippen molar-refractivity contribution in [3.63, 3.8) is 0 Å². The molecule has 0 unspecified atom stereocenters. The van der Waals surface area contributed by atoms with Crippen molar-refractivity contribution in [2.75, 3.05) is 14.2 Å². The number of phenolic OH excluding ortho intramolecular Hbond substituents is 1. The second-order valence-electron chi connectivity index (χ2n) is 5.05. The molecule has 0 aliphatic heterocycles. The Kier molecular flexibility index (Phi) is 6.28. The summed E-state index contributed by atoms with van der Waals surface area (Å²) in [5.41, 5.74) is 6.89. The van der Waals surface area contributed by atoms with Crippen molar-refractivity contribution < 1.29 is 19.4 Å².